The van der Waals surface area contributed by atoms with Gasteiger partial charge in [0.25, 0.3) is 0 Å². The van der Waals surface area contributed by atoms with Crippen LogP contribution in [0.25, 0.3) is 5.69 Å². The molecule has 0 spiro atoms. The smallest absolute Gasteiger partial charge is 0.330 e. The Bertz CT molecular complexity index is 618. The third-order valence-corrected chi connectivity index (χ3v) is 3.10. The maximum Gasteiger partial charge on any atom is 0.348 e. The van der Waals surface area contributed by atoms with E-state index in [0.29, 0.717) is 12.2 Å². The number of hydrogen-bond donors (Lipinski definition) is 3. The minimum atomic E-state index is -0.481. The van der Waals surface area contributed by atoms with Crippen LogP contribution in [0.4, 0.5) is 0 Å². The van der Waals surface area contributed by atoms with Crippen LogP contribution in [-0.4, -0.2) is 21.3 Å². The molecule has 2 rings (SSSR count). The van der Waals surface area contributed by atoms with Gasteiger partial charge in [-0.05, 0) is 17.7 Å². The monoisotopic (exact) mass is 248 g/mol. The molecule has 0 aliphatic rings. The molecule has 6 nitrogen and oxygen atoms in total. The molecule has 0 aliphatic heterocycles. The van der Waals surface area contributed by atoms with Gasteiger partial charge in [-0.2, -0.15) is 0 Å². The minimum Gasteiger partial charge on any atom is -0.330 e. The molecule has 96 valence electrons. The summed E-state index contributed by atoms with van der Waals surface area (Å²) in [6.45, 7) is 4.60. The maximum atomic E-state index is 11.4. The van der Waals surface area contributed by atoms with Gasteiger partial charge in [-0.1, -0.05) is 26.0 Å². The Morgan fingerprint density at radius 3 is 2.06 bits per heavy atom. The normalized spacial score (nSPS) is 11.7. The van der Waals surface area contributed by atoms with Crippen molar-refractivity contribution in [2.45, 2.75) is 19.3 Å². The zero-order valence-corrected chi connectivity index (χ0v) is 10.4. The van der Waals surface area contributed by atoms with Crippen LogP contribution in [0.3, 0.4) is 0 Å². The molecular weight excluding hydrogens is 232 g/mol. The van der Waals surface area contributed by atoms with Crippen molar-refractivity contribution < 1.29 is 0 Å². The Morgan fingerprint density at radius 1 is 1.11 bits per heavy atom. The summed E-state index contributed by atoms with van der Waals surface area (Å²) >= 11 is 0. The van der Waals surface area contributed by atoms with E-state index in [1.165, 1.54) is 0 Å². The minimum absolute atomic E-state index is 0.131. The SMILES string of the molecule is CC(C)(CN)c1ccc(-n2c(=O)[nH][nH]c2=O)cc1. The Hall–Kier alpha value is -2.08. The van der Waals surface area contributed by atoms with E-state index in [9.17, 15) is 9.59 Å². The average molecular weight is 248 g/mol. The van der Waals surface area contributed by atoms with Gasteiger partial charge in [-0.25, -0.2) is 24.4 Å². The van der Waals surface area contributed by atoms with E-state index in [1.54, 1.807) is 12.1 Å². The van der Waals surface area contributed by atoms with Crippen molar-refractivity contribution in [3.63, 3.8) is 0 Å². The second-order valence-corrected chi connectivity index (χ2v) is 4.83. The molecule has 0 amide bonds. The fourth-order valence-corrected chi connectivity index (χ4v) is 1.73. The van der Waals surface area contributed by atoms with E-state index < -0.39 is 11.4 Å². The number of nitrogens with one attached hydrogen (secondary N) is 2. The van der Waals surface area contributed by atoms with Crippen molar-refractivity contribution >= 4 is 0 Å². The van der Waals surface area contributed by atoms with E-state index >= 15 is 0 Å². The number of aromatic nitrogens is 3. The molecule has 6 heteroatoms. The van der Waals surface area contributed by atoms with Crippen LogP contribution >= 0.6 is 0 Å². The van der Waals surface area contributed by atoms with Crippen LogP contribution < -0.4 is 17.1 Å². The standard InChI is InChI=1S/C12H16N4O2/c1-12(2,7-13)8-3-5-9(6-4-8)16-10(17)14-15-11(16)18/h3-6H,7,13H2,1-2H3,(H,14,17)(H,15,18). The lowest BCUT2D eigenvalue weighted by molar-refractivity contribution is 0.539. The van der Waals surface area contributed by atoms with Crippen LogP contribution in [0.2, 0.25) is 0 Å². The fourth-order valence-electron chi connectivity index (χ4n) is 1.73. The van der Waals surface area contributed by atoms with Crippen LogP contribution in [0, 0.1) is 0 Å². The first kappa shape index (κ1) is 12.4. The predicted molar refractivity (Wildman–Crippen MR) is 69.1 cm³/mol. The van der Waals surface area contributed by atoms with Gasteiger partial charge in [0.2, 0.25) is 0 Å². The van der Waals surface area contributed by atoms with Gasteiger partial charge in [0, 0.05) is 12.0 Å². The number of benzene rings is 1. The molecule has 0 bridgehead atoms. The van der Waals surface area contributed by atoms with Gasteiger partial charge in [-0.3, -0.25) is 0 Å². The van der Waals surface area contributed by atoms with Crippen molar-refractivity contribution in [3.8, 4) is 5.69 Å². The molecular formula is C12H16N4O2. The molecule has 0 aliphatic carbocycles. The van der Waals surface area contributed by atoms with Gasteiger partial charge in [0.1, 0.15) is 0 Å². The highest BCUT2D eigenvalue weighted by atomic mass is 16.2. The molecule has 0 fully saturated rings. The average Bonchev–Trinajstić information content (AvgIpc) is 2.69. The second-order valence-electron chi connectivity index (χ2n) is 4.83. The quantitative estimate of drug-likeness (QED) is 0.718. The topological polar surface area (TPSA) is 96.7 Å². The largest absolute Gasteiger partial charge is 0.348 e. The molecule has 1 aromatic carbocycles. The molecule has 1 aromatic heterocycles. The predicted octanol–water partition coefficient (Wildman–Crippen LogP) is 0.0902. The summed E-state index contributed by atoms with van der Waals surface area (Å²) in [6.07, 6.45) is 0. The Labute approximate surface area is 103 Å². The lowest BCUT2D eigenvalue weighted by Crippen LogP contribution is -2.28. The maximum absolute atomic E-state index is 11.4. The number of H-pyrrole nitrogens is 2. The molecule has 2 aromatic rings. The van der Waals surface area contributed by atoms with E-state index in [1.807, 2.05) is 26.0 Å². The number of hydrogen-bond acceptors (Lipinski definition) is 3. The van der Waals surface area contributed by atoms with Crippen LogP contribution in [0.1, 0.15) is 19.4 Å². The zero-order valence-electron chi connectivity index (χ0n) is 10.4. The Balaban J connectivity index is 2.46. The van der Waals surface area contributed by atoms with Crippen molar-refractivity contribution in [3.05, 3.63) is 50.8 Å². The lowest BCUT2D eigenvalue weighted by atomic mass is 9.85. The van der Waals surface area contributed by atoms with Crippen molar-refractivity contribution in [2.24, 2.45) is 5.73 Å². The zero-order chi connectivity index (χ0) is 13.3. The van der Waals surface area contributed by atoms with Gasteiger partial charge in [0.05, 0.1) is 5.69 Å². The first-order valence-electron chi connectivity index (χ1n) is 5.66. The molecule has 4 N–H and O–H groups in total. The highest BCUT2D eigenvalue weighted by Gasteiger charge is 2.18. The molecule has 18 heavy (non-hydrogen) atoms. The third kappa shape index (κ3) is 2.02. The van der Waals surface area contributed by atoms with E-state index in [2.05, 4.69) is 10.2 Å². The van der Waals surface area contributed by atoms with E-state index in [0.717, 1.165) is 10.1 Å². The Kier molecular flexibility index (Phi) is 2.96. The number of nitrogens with two attached hydrogens (primary N) is 1. The molecule has 0 atom stereocenters. The molecule has 0 radical (unpaired) electrons. The summed E-state index contributed by atoms with van der Waals surface area (Å²) in [5.74, 6) is 0. The summed E-state index contributed by atoms with van der Waals surface area (Å²) in [4.78, 5) is 22.9. The first-order valence-corrected chi connectivity index (χ1v) is 5.66. The van der Waals surface area contributed by atoms with Crippen LogP contribution in [0.15, 0.2) is 33.9 Å². The fraction of sp³-hybridized carbons (Fsp3) is 0.333. The molecule has 0 unspecified atom stereocenters. The molecule has 0 saturated carbocycles. The number of rotatable bonds is 3. The number of nitrogens with zero attached hydrogens (tertiary/aromatic N) is 1. The Morgan fingerprint density at radius 2 is 1.61 bits per heavy atom. The van der Waals surface area contributed by atoms with Crippen molar-refractivity contribution in [1.82, 2.24) is 14.8 Å². The van der Waals surface area contributed by atoms with Gasteiger partial charge in [-0.15, -0.1) is 0 Å². The summed E-state index contributed by atoms with van der Waals surface area (Å²) in [7, 11) is 0. The second kappa shape index (κ2) is 4.30. The van der Waals surface area contributed by atoms with Crippen LogP contribution in [0.5, 0.6) is 0 Å². The first-order chi connectivity index (χ1) is 8.45. The van der Waals surface area contributed by atoms with Gasteiger partial charge < -0.3 is 5.73 Å². The number of aromatic amines is 2. The van der Waals surface area contributed by atoms with Crippen LogP contribution in [-0.2, 0) is 5.41 Å². The third-order valence-electron chi connectivity index (χ3n) is 3.10. The van der Waals surface area contributed by atoms with Gasteiger partial charge >= 0.3 is 11.4 Å². The summed E-state index contributed by atoms with van der Waals surface area (Å²) in [5, 5.41) is 4.48. The van der Waals surface area contributed by atoms with Crippen molar-refractivity contribution in [1.29, 1.82) is 0 Å². The van der Waals surface area contributed by atoms with E-state index in [4.69, 9.17) is 5.73 Å². The molecule has 1 heterocycles. The summed E-state index contributed by atoms with van der Waals surface area (Å²) < 4.78 is 1.04. The molecule has 0 saturated heterocycles. The van der Waals surface area contributed by atoms with Gasteiger partial charge in [0.15, 0.2) is 0 Å². The van der Waals surface area contributed by atoms with Crippen molar-refractivity contribution in [2.75, 3.05) is 6.54 Å². The summed E-state index contributed by atoms with van der Waals surface area (Å²) in [5.41, 5.74) is 6.20. The highest BCUT2D eigenvalue weighted by Crippen LogP contribution is 2.22. The summed E-state index contributed by atoms with van der Waals surface area (Å²) in [6, 6.07) is 7.22. The highest BCUT2D eigenvalue weighted by molar-refractivity contribution is 5.37. The van der Waals surface area contributed by atoms with E-state index in [-0.39, 0.29) is 5.41 Å². The lowest BCUT2D eigenvalue weighted by Gasteiger charge is -2.23.